The van der Waals surface area contributed by atoms with Crippen LogP contribution in [0.25, 0.3) is 0 Å². The van der Waals surface area contributed by atoms with E-state index in [1.54, 1.807) is 4.88 Å². The van der Waals surface area contributed by atoms with Gasteiger partial charge in [0.2, 0.25) is 0 Å². The first-order valence-corrected chi connectivity index (χ1v) is 7.78. The Labute approximate surface area is 110 Å². The van der Waals surface area contributed by atoms with E-state index in [2.05, 4.69) is 38.2 Å². The second kappa shape index (κ2) is 5.53. The number of nitrogens with one attached hydrogen (secondary N) is 1. The van der Waals surface area contributed by atoms with E-state index < -0.39 is 0 Å². The molecule has 2 atom stereocenters. The molecule has 2 heteroatoms. The zero-order chi connectivity index (χ0) is 12.3. The van der Waals surface area contributed by atoms with Crippen LogP contribution in [0, 0.1) is 5.41 Å². The molecule has 1 aliphatic carbocycles. The summed E-state index contributed by atoms with van der Waals surface area (Å²) in [6.45, 7) is 8.03. The van der Waals surface area contributed by atoms with Crippen LogP contribution in [-0.2, 0) is 12.8 Å². The summed E-state index contributed by atoms with van der Waals surface area (Å²) >= 11 is 2.01. The number of hydrogen-bond donors (Lipinski definition) is 1. The van der Waals surface area contributed by atoms with Crippen molar-refractivity contribution in [2.24, 2.45) is 5.41 Å². The summed E-state index contributed by atoms with van der Waals surface area (Å²) in [5.41, 5.74) is 0.530. The number of aryl methyl sites for hydroxylation is 1. The number of thiophene rings is 1. The summed E-state index contributed by atoms with van der Waals surface area (Å²) in [5, 5.41) is 3.61. The summed E-state index contributed by atoms with van der Waals surface area (Å²) in [7, 11) is 0. The molecule has 2 unspecified atom stereocenters. The molecular formula is C15H25NS. The van der Waals surface area contributed by atoms with Gasteiger partial charge in [0, 0.05) is 15.8 Å². The molecule has 1 aromatic heterocycles. The van der Waals surface area contributed by atoms with Crippen molar-refractivity contribution in [2.75, 3.05) is 6.54 Å². The van der Waals surface area contributed by atoms with Gasteiger partial charge in [-0.3, -0.25) is 0 Å². The first-order valence-electron chi connectivity index (χ1n) is 6.96. The summed E-state index contributed by atoms with van der Waals surface area (Å²) in [5.74, 6) is 0. The molecule has 0 radical (unpaired) electrons. The molecular weight excluding hydrogens is 226 g/mol. The standard InChI is InChI=1S/C15H25NS/c1-4-13-6-7-14(17-13)11-15(3)9-8-12(10-15)16-5-2/h6-7,12,16H,4-5,8-11H2,1-3H3. The molecule has 96 valence electrons. The van der Waals surface area contributed by atoms with Crippen LogP contribution in [0.4, 0.5) is 0 Å². The highest BCUT2D eigenvalue weighted by atomic mass is 32.1. The third-order valence-electron chi connectivity index (χ3n) is 4.00. The molecule has 1 N–H and O–H groups in total. The van der Waals surface area contributed by atoms with Crippen molar-refractivity contribution >= 4 is 11.3 Å². The molecule has 0 saturated heterocycles. The van der Waals surface area contributed by atoms with Gasteiger partial charge in [-0.05, 0) is 56.2 Å². The highest BCUT2D eigenvalue weighted by molar-refractivity contribution is 7.11. The Balaban J connectivity index is 1.94. The molecule has 1 nitrogen and oxygen atoms in total. The van der Waals surface area contributed by atoms with Gasteiger partial charge >= 0.3 is 0 Å². The van der Waals surface area contributed by atoms with Crippen LogP contribution in [0.2, 0.25) is 0 Å². The quantitative estimate of drug-likeness (QED) is 0.833. The summed E-state index contributed by atoms with van der Waals surface area (Å²) < 4.78 is 0. The van der Waals surface area contributed by atoms with E-state index in [1.165, 1.54) is 37.0 Å². The maximum atomic E-state index is 3.61. The van der Waals surface area contributed by atoms with Crippen LogP contribution in [-0.4, -0.2) is 12.6 Å². The first-order chi connectivity index (χ1) is 8.15. The zero-order valence-corrected chi connectivity index (χ0v) is 12.2. The molecule has 2 rings (SSSR count). The largest absolute Gasteiger partial charge is 0.314 e. The fraction of sp³-hybridized carbons (Fsp3) is 0.733. The first kappa shape index (κ1) is 13.1. The van der Waals surface area contributed by atoms with E-state index in [0.717, 1.165) is 12.6 Å². The van der Waals surface area contributed by atoms with Crippen LogP contribution in [0.1, 0.15) is 49.8 Å². The molecule has 0 spiro atoms. The van der Waals surface area contributed by atoms with Gasteiger partial charge in [0.25, 0.3) is 0 Å². The predicted octanol–water partition coefficient (Wildman–Crippen LogP) is 4.02. The number of hydrogen-bond acceptors (Lipinski definition) is 2. The molecule has 1 fully saturated rings. The summed E-state index contributed by atoms with van der Waals surface area (Å²) in [6, 6.07) is 5.41. The fourth-order valence-electron chi connectivity index (χ4n) is 3.07. The van der Waals surface area contributed by atoms with Gasteiger partial charge in [-0.2, -0.15) is 0 Å². The van der Waals surface area contributed by atoms with E-state index in [0.29, 0.717) is 5.41 Å². The molecule has 1 heterocycles. The van der Waals surface area contributed by atoms with Crippen molar-refractivity contribution in [3.8, 4) is 0 Å². The SMILES string of the molecule is CCNC1CCC(C)(Cc2ccc(CC)s2)C1. The van der Waals surface area contributed by atoms with Crippen molar-refractivity contribution in [1.82, 2.24) is 5.32 Å². The van der Waals surface area contributed by atoms with Gasteiger partial charge in [-0.15, -0.1) is 11.3 Å². The van der Waals surface area contributed by atoms with Crippen molar-refractivity contribution < 1.29 is 0 Å². The minimum atomic E-state index is 0.530. The molecule has 1 aliphatic rings. The average Bonchev–Trinajstić information content (AvgIpc) is 2.87. The highest BCUT2D eigenvalue weighted by Gasteiger charge is 2.34. The molecule has 1 aromatic rings. The topological polar surface area (TPSA) is 12.0 Å². The Hall–Kier alpha value is -0.340. The van der Waals surface area contributed by atoms with Gasteiger partial charge in [0.05, 0.1) is 0 Å². The number of rotatable bonds is 5. The Morgan fingerprint density at radius 3 is 2.76 bits per heavy atom. The van der Waals surface area contributed by atoms with E-state index in [-0.39, 0.29) is 0 Å². The molecule has 0 aromatic carbocycles. The lowest BCUT2D eigenvalue weighted by Gasteiger charge is -2.23. The molecule has 0 bridgehead atoms. The van der Waals surface area contributed by atoms with Crippen molar-refractivity contribution in [1.29, 1.82) is 0 Å². The lowest BCUT2D eigenvalue weighted by molar-refractivity contribution is 0.325. The van der Waals surface area contributed by atoms with Gasteiger partial charge in [-0.25, -0.2) is 0 Å². The van der Waals surface area contributed by atoms with Crippen LogP contribution in [0.3, 0.4) is 0 Å². The van der Waals surface area contributed by atoms with E-state index in [4.69, 9.17) is 0 Å². The Bertz CT molecular complexity index is 358. The monoisotopic (exact) mass is 251 g/mol. The predicted molar refractivity (Wildman–Crippen MR) is 76.8 cm³/mol. The van der Waals surface area contributed by atoms with Gasteiger partial charge in [-0.1, -0.05) is 20.8 Å². The normalized spacial score (nSPS) is 28.8. The summed E-state index contributed by atoms with van der Waals surface area (Å²) in [6.07, 6.45) is 6.54. The minimum absolute atomic E-state index is 0.530. The summed E-state index contributed by atoms with van der Waals surface area (Å²) in [4.78, 5) is 3.12. The zero-order valence-electron chi connectivity index (χ0n) is 11.4. The minimum Gasteiger partial charge on any atom is -0.314 e. The second-order valence-electron chi connectivity index (χ2n) is 5.71. The Morgan fingerprint density at radius 1 is 1.35 bits per heavy atom. The van der Waals surface area contributed by atoms with E-state index in [1.807, 2.05) is 11.3 Å². The lowest BCUT2D eigenvalue weighted by atomic mass is 9.84. The Kier molecular flexibility index (Phi) is 4.26. The Morgan fingerprint density at radius 2 is 2.12 bits per heavy atom. The molecule has 0 aliphatic heterocycles. The van der Waals surface area contributed by atoms with Crippen LogP contribution in [0.15, 0.2) is 12.1 Å². The van der Waals surface area contributed by atoms with Crippen LogP contribution < -0.4 is 5.32 Å². The third-order valence-corrected chi connectivity index (χ3v) is 5.22. The van der Waals surface area contributed by atoms with Gasteiger partial charge in [0.15, 0.2) is 0 Å². The van der Waals surface area contributed by atoms with Gasteiger partial charge in [0.1, 0.15) is 0 Å². The van der Waals surface area contributed by atoms with Crippen LogP contribution >= 0.6 is 11.3 Å². The average molecular weight is 251 g/mol. The van der Waals surface area contributed by atoms with Crippen LogP contribution in [0.5, 0.6) is 0 Å². The lowest BCUT2D eigenvalue weighted by Crippen LogP contribution is -2.27. The maximum Gasteiger partial charge on any atom is 0.00724 e. The molecule has 0 amide bonds. The smallest absolute Gasteiger partial charge is 0.00724 e. The highest BCUT2D eigenvalue weighted by Crippen LogP contribution is 2.41. The van der Waals surface area contributed by atoms with E-state index in [9.17, 15) is 0 Å². The molecule has 17 heavy (non-hydrogen) atoms. The van der Waals surface area contributed by atoms with Gasteiger partial charge < -0.3 is 5.32 Å². The van der Waals surface area contributed by atoms with Crippen molar-refractivity contribution in [3.05, 3.63) is 21.9 Å². The maximum absolute atomic E-state index is 3.61. The van der Waals surface area contributed by atoms with E-state index >= 15 is 0 Å². The van der Waals surface area contributed by atoms with Crippen molar-refractivity contribution in [3.63, 3.8) is 0 Å². The molecule has 1 saturated carbocycles. The van der Waals surface area contributed by atoms with Crippen molar-refractivity contribution in [2.45, 2.75) is 58.9 Å². The second-order valence-corrected chi connectivity index (χ2v) is 6.96. The fourth-order valence-corrected chi connectivity index (χ4v) is 4.25. The third kappa shape index (κ3) is 3.32.